The Hall–Kier alpha value is -2.67. The lowest BCUT2D eigenvalue weighted by atomic mass is 10.0. The Labute approximate surface area is 219 Å². The van der Waals surface area contributed by atoms with Gasteiger partial charge >= 0.3 is 0 Å². The van der Waals surface area contributed by atoms with Crippen LogP contribution < -0.4 is 9.46 Å². The minimum atomic E-state index is -3.80. The van der Waals surface area contributed by atoms with Crippen LogP contribution in [0.25, 0.3) is 0 Å². The van der Waals surface area contributed by atoms with Crippen LogP contribution in [-0.4, -0.2) is 82.2 Å². The second-order valence-corrected chi connectivity index (χ2v) is 13.5. The maximum Gasteiger partial charge on any atom is 0.242 e. The molecule has 1 aliphatic heterocycles. The van der Waals surface area contributed by atoms with Gasteiger partial charge in [-0.3, -0.25) is 9.52 Å². The lowest BCUT2D eigenvalue weighted by Gasteiger charge is -2.33. The molecule has 3 rings (SSSR count). The van der Waals surface area contributed by atoms with Gasteiger partial charge in [0.1, 0.15) is 11.9 Å². The normalized spacial score (nSPS) is 19.9. The number of sulfonamides is 2. The van der Waals surface area contributed by atoms with E-state index in [0.29, 0.717) is 11.3 Å². The lowest BCUT2D eigenvalue weighted by Crippen LogP contribution is -2.48. The standard InChI is InChI=1S/C25H35N3O7S2/c1-17-6-9-22(10-7-17)37(33,34)27(4)15-24-18(2)14-28(19(3)16-29)25(30)13-20-12-21(26-36(5,31)32)8-11-23(20)35-24/h6-12,18-19,24,26,29H,13-16H2,1-5H3/t18-,19-,24-/m0/s1. The fourth-order valence-electron chi connectivity index (χ4n) is 4.17. The maximum atomic E-state index is 13.2. The van der Waals surface area contributed by atoms with Crippen LogP contribution in [0.5, 0.6) is 5.75 Å². The minimum Gasteiger partial charge on any atom is -0.488 e. The number of hydrogen-bond donors (Lipinski definition) is 2. The molecule has 0 saturated heterocycles. The third-order valence-electron chi connectivity index (χ3n) is 6.39. The molecule has 0 unspecified atom stereocenters. The number of nitrogens with one attached hydrogen (secondary N) is 1. The highest BCUT2D eigenvalue weighted by Gasteiger charge is 2.33. The van der Waals surface area contributed by atoms with Crippen molar-refractivity contribution < 1.29 is 31.5 Å². The number of hydrogen-bond acceptors (Lipinski definition) is 7. The van der Waals surface area contributed by atoms with Gasteiger partial charge in [-0.15, -0.1) is 0 Å². The third-order valence-corrected chi connectivity index (χ3v) is 8.83. The topological polar surface area (TPSA) is 133 Å². The molecule has 0 saturated carbocycles. The summed E-state index contributed by atoms with van der Waals surface area (Å²) in [5.74, 6) is -0.187. The SMILES string of the molecule is Cc1ccc(S(=O)(=O)N(C)C[C@@H]2Oc3ccc(NS(C)(=O)=O)cc3CC(=O)N([C@@H](C)CO)C[C@@H]2C)cc1. The van der Waals surface area contributed by atoms with Crippen molar-refractivity contribution in [3.63, 3.8) is 0 Å². The van der Waals surface area contributed by atoms with Gasteiger partial charge in [0.2, 0.25) is 26.0 Å². The van der Waals surface area contributed by atoms with Gasteiger partial charge in [-0.05, 0) is 44.2 Å². The van der Waals surface area contributed by atoms with E-state index >= 15 is 0 Å². The van der Waals surface area contributed by atoms with Crippen molar-refractivity contribution in [1.82, 2.24) is 9.21 Å². The van der Waals surface area contributed by atoms with Crippen molar-refractivity contribution >= 4 is 31.6 Å². The van der Waals surface area contributed by atoms with Crippen molar-refractivity contribution in [1.29, 1.82) is 0 Å². The zero-order chi connectivity index (χ0) is 27.5. The molecule has 0 radical (unpaired) electrons. The molecule has 0 bridgehead atoms. The van der Waals surface area contributed by atoms with Gasteiger partial charge in [0.15, 0.2) is 0 Å². The second kappa shape index (κ2) is 11.4. The summed E-state index contributed by atoms with van der Waals surface area (Å²) >= 11 is 0. The first-order chi connectivity index (χ1) is 17.2. The van der Waals surface area contributed by atoms with Crippen LogP contribution in [0.1, 0.15) is 25.0 Å². The molecule has 10 nitrogen and oxygen atoms in total. The Morgan fingerprint density at radius 2 is 1.81 bits per heavy atom. The summed E-state index contributed by atoms with van der Waals surface area (Å²) in [6.07, 6.45) is 0.316. The summed E-state index contributed by atoms with van der Waals surface area (Å²) in [6, 6.07) is 10.8. The predicted octanol–water partition coefficient (Wildman–Crippen LogP) is 1.84. The Morgan fingerprint density at radius 3 is 2.41 bits per heavy atom. The number of anilines is 1. The number of nitrogens with zero attached hydrogens (tertiary/aromatic N) is 2. The molecule has 1 aliphatic rings. The smallest absolute Gasteiger partial charge is 0.242 e. The number of benzene rings is 2. The number of likely N-dealkylation sites (N-methyl/N-ethyl adjacent to an activating group) is 1. The summed E-state index contributed by atoms with van der Waals surface area (Å²) < 4.78 is 59.9. The van der Waals surface area contributed by atoms with E-state index in [1.807, 2.05) is 13.8 Å². The number of rotatable bonds is 8. The molecule has 12 heteroatoms. The number of aliphatic hydroxyl groups excluding tert-OH is 1. The average Bonchev–Trinajstić information content (AvgIpc) is 2.85. The van der Waals surface area contributed by atoms with E-state index < -0.39 is 32.2 Å². The van der Waals surface area contributed by atoms with Gasteiger partial charge in [0.05, 0.1) is 36.8 Å². The molecule has 37 heavy (non-hydrogen) atoms. The average molecular weight is 554 g/mol. The van der Waals surface area contributed by atoms with Crippen LogP contribution >= 0.6 is 0 Å². The first-order valence-electron chi connectivity index (χ1n) is 11.9. The molecule has 0 aliphatic carbocycles. The van der Waals surface area contributed by atoms with Crippen molar-refractivity contribution in [2.24, 2.45) is 5.92 Å². The first-order valence-corrected chi connectivity index (χ1v) is 15.2. The van der Waals surface area contributed by atoms with Crippen molar-refractivity contribution in [3.05, 3.63) is 53.6 Å². The van der Waals surface area contributed by atoms with Gasteiger partial charge in [0.25, 0.3) is 0 Å². The number of carbonyl (C=O) groups is 1. The van der Waals surface area contributed by atoms with Gasteiger partial charge in [-0.2, -0.15) is 4.31 Å². The fourth-order valence-corrected chi connectivity index (χ4v) is 5.90. The largest absolute Gasteiger partial charge is 0.488 e. The summed E-state index contributed by atoms with van der Waals surface area (Å²) in [7, 11) is -5.86. The van der Waals surface area contributed by atoms with Crippen LogP contribution in [0.3, 0.4) is 0 Å². The third kappa shape index (κ3) is 7.22. The van der Waals surface area contributed by atoms with E-state index in [0.717, 1.165) is 11.8 Å². The Morgan fingerprint density at radius 1 is 1.16 bits per heavy atom. The van der Waals surface area contributed by atoms with E-state index in [2.05, 4.69) is 4.72 Å². The molecule has 0 aromatic heterocycles. The molecule has 0 fully saturated rings. The van der Waals surface area contributed by atoms with E-state index in [1.54, 1.807) is 42.2 Å². The van der Waals surface area contributed by atoms with Crippen molar-refractivity contribution in [3.8, 4) is 5.75 Å². The van der Waals surface area contributed by atoms with Crippen LogP contribution in [-0.2, 0) is 31.3 Å². The number of amides is 1. The van der Waals surface area contributed by atoms with Crippen LogP contribution in [0.4, 0.5) is 5.69 Å². The van der Waals surface area contributed by atoms with E-state index in [1.165, 1.54) is 23.5 Å². The van der Waals surface area contributed by atoms with Crippen LogP contribution in [0, 0.1) is 12.8 Å². The minimum absolute atomic E-state index is 0.00962. The molecule has 3 atom stereocenters. The van der Waals surface area contributed by atoms with E-state index in [9.17, 15) is 26.7 Å². The van der Waals surface area contributed by atoms with E-state index in [4.69, 9.17) is 4.74 Å². The molecule has 2 aromatic rings. The Kier molecular flexibility index (Phi) is 8.89. The Bertz CT molecular complexity index is 1330. The number of fused-ring (bicyclic) bond motifs is 1. The van der Waals surface area contributed by atoms with Gasteiger partial charge in [0, 0.05) is 30.8 Å². The molecular weight excluding hydrogens is 518 g/mol. The highest BCUT2D eigenvalue weighted by atomic mass is 32.2. The van der Waals surface area contributed by atoms with Gasteiger partial charge in [-0.1, -0.05) is 24.6 Å². The van der Waals surface area contributed by atoms with E-state index in [-0.39, 0.29) is 48.5 Å². The maximum absolute atomic E-state index is 13.2. The summed E-state index contributed by atoms with van der Waals surface area (Å²) in [6.45, 7) is 5.48. The zero-order valence-electron chi connectivity index (χ0n) is 21.7. The van der Waals surface area contributed by atoms with Gasteiger partial charge in [-0.25, -0.2) is 16.8 Å². The van der Waals surface area contributed by atoms with Crippen LogP contribution in [0.2, 0.25) is 0 Å². The highest BCUT2D eigenvalue weighted by molar-refractivity contribution is 7.92. The lowest BCUT2D eigenvalue weighted by molar-refractivity contribution is -0.134. The Balaban J connectivity index is 1.99. The van der Waals surface area contributed by atoms with Crippen molar-refractivity contribution in [2.45, 2.75) is 44.2 Å². The zero-order valence-corrected chi connectivity index (χ0v) is 23.3. The molecule has 2 N–H and O–H groups in total. The second-order valence-electron chi connectivity index (χ2n) is 9.68. The predicted molar refractivity (Wildman–Crippen MR) is 141 cm³/mol. The summed E-state index contributed by atoms with van der Waals surface area (Å²) in [5.41, 5.74) is 1.68. The van der Waals surface area contributed by atoms with Gasteiger partial charge < -0.3 is 14.7 Å². The monoisotopic (exact) mass is 553 g/mol. The highest BCUT2D eigenvalue weighted by Crippen LogP contribution is 2.30. The summed E-state index contributed by atoms with van der Waals surface area (Å²) in [5, 5.41) is 9.76. The number of ether oxygens (including phenoxy) is 1. The van der Waals surface area contributed by atoms with Crippen LogP contribution in [0.15, 0.2) is 47.4 Å². The fraction of sp³-hybridized carbons (Fsp3) is 0.480. The number of aliphatic hydroxyl groups is 1. The molecule has 204 valence electrons. The molecule has 0 spiro atoms. The molecule has 1 heterocycles. The van der Waals surface area contributed by atoms with Crippen molar-refractivity contribution in [2.75, 3.05) is 37.7 Å². The molecular formula is C25H35N3O7S2. The first kappa shape index (κ1) is 28.9. The number of carbonyl (C=O) groups excluding carboxylic acids is 1. The quantitative estimate of drug-likeness (QED) is 0.510. The molecule has 2 aromatic carbocycles. The molecule has 1 amide bonds. The number of aryl methyl sites for hydroxylation is 1. The summed E-state index contributed by atoms with van der Waals surface area (Å²) in [4.78, 5) is 15.0.